The van der Waals surface area contributed by atoms with Gasteiger partial charge in [0.1, 0.15) is 0 Å². The molecule has 2 aliphatic rings. The zero-order valence-corrected chi connectivity index (χ0v) is 9.98. The second kappa shape index (κ2) is 4.49. The van der Waals surface area contributed by atoms with Gasteiger partial charge in [0.15, 0.2) is 0 Å². The molecule has 0 unspecified atom stereocenters. The fraction of sp³-hybridized carbons (Fsp3) is 0.500. The first-order valence-electron chi connectivity index (χ1n) is 6.43. The summed E-state index contributed by atoms with van der Waals surface area (Å²) in [5.41, 5.74) is 2.45. The van der Waals surface area contributed by atoms with E-state index in [0.717, 1.165) is 38.2 Å². The number of fused-ring (bicyclic) bond motifs is 1. The summed E-state index contributed by atoms with van der Waals surface area (Å²) in [5, 5.41) is 3.22. The van der Waals surface area contributed by atoms with Crippen LogP contribution in [0.3, 0.4) is 0 Å². The van der Waals surface area contributed by atoms with E-state index in [-0.39, 0.29) is 0 Å². The number of amides is 1. The molecule has 3 nitrogen and oxygen atoms in total. The minimum atomic E-state index is 0.295. The molecular weight excluding hydrogens is 212 g/mol. The number of carbonyl (C=O) groups is 1. The average molecular weight is 230 g/mol. The normalized spacial score (nSPS) is 19.6. The molecule has 0 aromatic heterocycles. The molecule has 1 fully saturated rings. The average Bonchev–Trinajstić information content (AvgIpc) is 2.33. The summed E-state index contributed by atoms with van der Waals surface area (Å²) in [4.78, 5) is 14.2. The van der Waals surface area contributed by atoms with E-state index in [1.807, 2.05) is 11.0 Å². The molecule has 1 N–H and O–H groups in total. The van der Waals surface area contributed by atoms with E-state index in [4.69, 9.17) is 0 Å². The third kappa shape index (κ3) is 2.07. The smallest absolute Gasteiger partial charge is 0.227 e. The maximum atomic E-state index is 12.3. The third-order valence-corrected chi connectivity index (χ3v) is 3.74. The van der Waals surface area contributed by atoms with Crippen LogP contribution < -0.4 is 10.2 Å². The van der Waals surface area contributed by atoms with E-state index in [0.29, 0.717) is 18.2 Å². The summed E-state index contributed by atoms with van der Waals surface area (Å²) in [6, 6.07) is 8.29. The van der Waals surface area contributed by atoms with Crippen LogP contribution in [0.2, 0.25) is 0 Å². The Bertz CT molecular complexity index is 426. The van der Waals surface area contributed by atoms with Gasteiger partial charge in [0.2, 0.25) is 5.91 Å². The number of rotatable bonds is 2. The van der Waals surface area contributed by atoms with Crippen molar-refractivity contribution < 1.29 is 4.79 Å². The molecule has 0 atom stereocenters. The van der Waals surface area contributed by atoms with Crippen molar-refractivity contribution in [2.75, 3.05) is 24.5 Å². The van der Waals surface area contributed by atoms with Crippen LogP contribution >= 0.6 is 0 Å². The SMILES string of the molecule is O=C(CC1CNC1)N1CCCc2ccccc21. The van der Waals surface area contributed by atoms with Crippen molar-refractivity contribution in [3.05, 3.63) is 29.8 Å². The number of hydrogen-bond acceptors (Lipinski definition) is 2. The van der Waals surface area contributed by atoms with Crippen LogP contribution in [0, 0.1) is 5.92 Å². The second-order valence-electron chi connectivity index (χ2n) is 5.01. The Morgan fingerprint density at radius 2 is 2.18 bits per heavy atom. The number of carbonyl (C=O) groups excluding carboxylic acids is 1. The lowest BCUT2D eigenvalue weighted by atomic mass is 9.96. The molecule has 90 valence electrons. The van der Waals surface area contributed by atoms with Gasteiger partial charge < -0.3 is 10.2 Å². The molecule has 1 amide bonds. The summed E-state index contributed by atoms with van der Waals surface area (Å²) >= 11 is 0. The van der Waals surface area contributed by atoms with Crippen LogP contribution in [-0.2, 0) is 11.2 Å². The summed E-state index contributed by atoms with van der Waals surface area (Å²) < 4.78 is 0. The number of nitrogens with zero attached hydrogens (tertiary/aromatic N) is 1. The molecule has 0 spiro atoms. The maximum Gasteiger partial charge on any atom is 0.227 e. The maximum absolute atomic E-state index is 12.3. The molecule has 2 heterocycles. The number of para-hydroxylation sites is 1. The molecule has 0 saturated carbocycles. The molecule has 1 aromatic carbocycles. The van der Waals surface area contributed by atoms with Gasteiger partial charge in [-0.1, -0.05) is 18.2 Å². The Balaban J connectivity index is 1.77. The fourth-order valence-corrected chi connectivity index (χ4v) is 2.64. The van der Waals surface area contributed by atoms with Crippen LogP contribution in [0.15, 0.2) is 24.3 Å². The molecule has 0 aliphatic carbocycles. The molecule has 0 bridgehead atoms. The van der Waals surface area contributed by atoms with Crippen LogP contribution in [0.5, 0.6) is 0 Å². The molecule has 3 rings (SSSR count). The Morgan fingerprint density at radius 3 is 2.94 bits per heavy atom. The first-order chi connectivity index (χ1) is 8.34. The highest BCUT2D eigenvalue weighted by atomic mass is 16.2. The molecule has 2 aliphatic heterocycles. The van der Waals surface area contributed by atoms with Gasteiger partial charge in [-0.3, -0.25) is 4.79 Å². The summed E-state index contributed by atoms with van der Waals surface area (Å²) in [6.07, 6.45) is 2.89. The zero-order chi connectivity index (χ0) is 11.7. The van der Waals surface area contributed by atoms with Gasteiger partial charge in [-0.15, -0.1) is 0 Å². The standard InChI is InChI=1S/C14H18N2O/c17-14(8-11-9-15-10-11)16-7-3-5-12-4-1-2-6-13(12)16/h1-2,4,6,11,15H,3,5,7-10H2. The summed E-state index contributed by atoms with van der Waals surface area (Å²) in [5.74, 6) is 0.847. The quantitative estimate of drug-likeness (QED) is 0.836. The van der Waals surface area contributed by atoms with Crippen molar-refractivity contribution in [3.63, 3.8) is 0 Å². The minimum Gasteiger partial charge on any atom is -0.316 e. The Hall–Kier alpha value is -1.35. The van der Waals surface area contributed by atoms with Gasteiger partial charge in [-0.05, 0) is 43.5 Å². The Kier molecular flexibility index (Phi) is 2.85. The van der Waals surface area contributed by atoms with Crippen LogP contribution in [0.25, 0.3) is 0 Å². The minimum absolute atomic E-state index is 0.295. The molecule has 1 saturated heterocycles. The van der Waals surface area contributed by atoms with Crippen molar-refractivity contribution in [2.24, 2.45) is 5.92 Å². The number of hydrogen-bond donors (Lipinski definition) is 1. The van der Waals surface area contributed by atoms with Crippen molar-refractivity contribution >= 4 is 11.6 Å². The predicted octanol–water partition coefficient (Wildman–Crippen LogP) is 1.58. The highest BCUT2D eigenvalue weighted by Crippen LogP contribution is 2.28. The summed E-state index contributed by atoms with van der Waals surface area (Å²) in [7, 11) is 0. The van der Waals surface area contributed by atoms with E-state index in [9.17, 15) is 4.79 Å². The van der Waals surface area contributed by atoms with Gasteiger partial charge >= 0.3 is 0 Å². The monoisotopic (exact) mass is 230 g/mol. The molecule has 1 aromatic rings. The largest absolute Gasteiger partial charge is 0.316 e. The van der Waals surface area contributed by atoms with Crippen LogP contribution in [0.1, 0.15) is 18.4 Å². The Labute approximate surface area is 102 Å². The second-order valence-corrected chi connectivity index (χ2v) is 5.01. The van der Waals surface area contributed by atoms with Crippen molar-refractivity contribution in [1.82, 2.24) is 5.32 Å². The lowest BCUT2D eigenvalue weighted by molar-refractivity contribution is -0.119. The van der Waals surface area contributed by atoms with E-state index in [1.54, 1.807) is 0 Å². The van der Waals surface area contributed by atoms with Gasteiger partial charge in [0.25, 0.3) is 0 Å². The van der Waals surface area contributed by atoms with Gasteiger partial charge in [0.05, 0.1) is 0 Å². The fourth-order valence-electron chi connectivity index (χ4n) is 2.64. The van der Waals surface area contributed by atoms with Crippen LogP contribution in [0.4, 0.5) is 5.69 Å². The van der Waals surface area contributed by atoms with Gasteiger partial charge in [0, 0.05) is 18.7 Å². The van der Waals surface area contributed by atoms with E-state index in [2.05, 4.69) is 23.5 Å². The van der Waals surface area contributed by atoms with Gasteiger partial charge in [-0.25, -0.2) is 0 Å². The Morgan fingerprint density at radius 1 is 1.35 bits per heavy atom. The number of aryl methyl sites for hydroxylation is 1. The molecule has 17 heavy (non-hydrogen) atoms. The predicted molar refractivity (Wildman–Crippen MR) is 68.1 cm³/mol. The van der Waals surface area contributed by atoms with Crippen LogP contribution in [-0.4, -0.2) is 25.5 Å². The molecule has 0 radical (unpaired) electrons. The third-order valence-electron chi connectivity index (χ3n) is 3.74. The number of anilines is 1. The first kappa shape index (κ1) is 10.8. The lowest BCUT2D eigenvalue weighted by Crippen LogP contribution is -2.46. The highest BCUT2D eigenvalue weighted by Gasteiger charge is 2.26. The number of nitrogens with one attached hydrogen (secondary N) is 1. The lowest BCUT2D eigenvalue weighted by Gasteiger charge is -2.33. The molecule has 3 heteroatoms. The molecular formula is C14H18N2O. The van der Waals surface area contributed by atoms with Crippen molar-refractivity contribution in [3.8, 4) is 0 Å². The van der Waals surface area contributed by atoms with Gasteiger partial charge in [-0.2, -0.15) is 0 Å². The summed E-state index contributed by atoms with van der Waals surface area (Å²) in [6.45, 7) is 2.89. The topological polar surface area (TPSA) is 32.3 Å². The number of benzene rings is 1. The zero-order valence-electron chi connectivity index (χ0n) is 9.98. The van der Waals surface area contributed by atoms with E-state index in [1.165, 1.54) is 5.56 Å². The van der Waals surface area contributed by atoms with Crippen molar-refractivity contribution in [2.45, 2.75) is 19.3 Å². The highest BCUT2D eigenvalue weighted by molar-refractivity contribution is 5.94. The van der Waals surface area contributed by atoms with E-state index < -0.39 is 0 Å². The first-order valence-corrected chi connectivity index (χ1v) is 6.43. The van der Waals surface area contributed by atoms with E-state index >= 15 is 0 Å². The van der Waals surface area contributed by atoms with Crippen molar-refractivity contribution in [1.29, 1.82) is 0 Å².